The van der Waals surface area contributed by atoms with Crippen LogP contribution < -0.4 is 16.8 Å². The summed E-state index contributed by atoms with van der Waals surface area (Å²) in [5.41, 5.74) is 13.4. The van der Waals surface area contributed by atoms with Crippen LogP contribution in [0, 0.1) is 0 Å². The third kappa shape index (κ3) is 6.47. The summed E-state index contributed by atoms with van der Waals surface area (Å²) in [6, 6.07) is 8.78. The highest BCUT2D eigenvalue weighted by atomic mass is 32.2. The number of rotatable bonds is 11. The van der Waals surface area contributed by atoms with Gasteiger partial charge in [-0.15, -0.1) is 11.8 Å². The molecule has 4 nitrogen and oxygen atoms in total. The number of nitrogens with two attached hydrogens (primary N) is 2. The average molecular weight is 336 g/mol. The molecule has 0 heterocycles. The number of ketones is 1. The van der Waals surface area contributed by atoms with Crippen molar-refractivity contribution >= 4 is 17.5 Å². The molecule has 0 aliphatic carbocycles. The first-order valence-electron chi connectivity index (χ1n) is 7.95. The Bertz CT molecular complexity index is 501. The van der Waals surface area contributed by atoms with E-state index in [4.69, 9.17) is 11.5 Å². The molecule has 23 heavy (non-hydrogen) atoms. The molecule has 0 saturated carbocycles. The van der Waals surface area contributed by atoms with Gasteiger partial charge in [-0.05, 0) is 43.8 Å². The van der Waals surface area contributed by atoms with E-state index in [0.717, 1.165) is 18.4 Å². The van der Waals surface area contributed by atoms with Gasteiger partial charge in [-0.25, -0.2) is 0 Å². The summed E-state index contributed by atoms with van der Waals surface area (Å²) >= 11 is 1.73. The summed E-state index contributed by atoms with van der Waals surface area (Å²) in [5, 5.41) is 3.36. The minimum atomic E-state index is 0.0967. The fraction of sp³-hybridized carbons (Fsp3) is 0.500. The van der Waals surface area contributed by atoms with Crippen LogP contribution in [0.5, 0.6) is 0 Å². The number of hydrogen-bond acceptors (Lipinski definition) is 5. The fourth-order valence-corrected chi connectivity index (χ4v) is 3.11. The number of nitrogens with one attached hydrogen (secondary N) is 1. The van der Waals surface area contributed by atoms with E-state index in [2.05, 4.69) is 42.4 Å². The van der Waals surface area contributed by atoms with Crippen LogP contribution in [0.1, 0.15) is 30.7 Å². The summed E-state index contributed by atoms with van der Waals surface area (Å²) in [7, 11) is 1.94. The second-order valence-corrected chi connectivity index (χ2v) is 6.59. The highest BCUT2D eigenvalue weighted by molar-refractivity contribution is 7.98. The first-order chi connectivity index (χ1) is 11.0. The zero-order valence-electron chi connectivity index (χ0n) is 14.2. The standard InChI is InChI=1S/C18H29N3OS/c1-13(11-19)10-17(14-4-7-16(23-3)8-5-14)18(21-2)9-6-15(22)12-20/h4-5,7-8,17-18,21H,1,6,9-12,19-20H2,2-3H3. The van der Waals surface area contributed by atoms with Gasteiger partial charge in [0.1, 0.15) is 5.78 Å². The Labute approximate surface area is 144 Å². The van der Waals surface area contributed by atoms with E-state index in [9.17, 15) is 4.79 Å². The topological polar surface area (TPSA) is 81.1 Å². The highest BCUT2D eigenvalue weighted by Crippen LogP contribution is 2.30. The molecule has 0 fully saturated rings. The number of Topliss-reactive ketones (excluding diaryl/α,β-unsaturated/α-hetero) is 1. The van der Waals surface area contributed by atoms with E-state index in [-0.39, 0.29) is 24.3 Å². The Hall–Kier alpha value is -1.14. The van der Waals surface area contributed by atoms with Gasteiger partial charge in [-0.3, -0.25) is 4.79 Å². The molecule has 0 bridgehead atoms. The minimum Gasteiger partial charge on any atom is -0.327 e. The molecule has 0 radical (unpaired) electrons. The van der Waals surface area contributed by atoms with Gasteiger partial charge < -0.3 is 16.8 Å². The summed E-state index contributed by atoms with van der Waals surface area (Å²) < 4.78 is 0. The summed E-state index contributed by atoms with van der Waals surface area (Å²) in [6.07, 6.45) is 4.14. The van der Waals surface area contributed by atoms with Crippen LogP contribution in [0.25, 0.3) is 0 Å². The molecule has 0 saturated heterocycles. The number of hydrogen-bond donors (Lipinski definition) is 3. The summed E-state index contributed by atoms with van der Waals surface area (Å²) in [4.78, 5) is 12.8. The smallest absolute Gasteiger partial charge is 0.146 e. The molecular weight excluding hydrogens is 306 g/mol. The van der Waals surface area contributed by atoms with Gasteiger partial charge in [-0.2, -0.15) is 0 Å². The number of carbonyl (C=O) groups is 1. The number of likely N-dealkylation sites (N-methyl/N-ethyl adjacent to an activating group) is 1. The van der Waals surface area contributed by atoms with E-state index in [1.165, 1.54) is 10.5 Å². The van der Waals surface area contributed by atoms with Gasteiger partial charge in [-0.1, -0.05) is 24.3 Å². The lowest BCUT2D eigenvalue weighted by Gasteiger charge is -2.28. The Morgan fingerprint density at radius 2 is 1.91 bits per heavy atom. The first-order valence-corrected chi connectivity index (χ1v) is 9.17. The molecule has 1 rings (SSSR count). The van der Waals surface area contributed by atoms with Crippen molar-refractivity contribution in [3.05, 3.63) is 42.0 Å². The van der Waals surface area contributed by atoms with Crippen LogP contribution in [0.15, 0.2) is 41.3 Å². The average Bonchev–Trinajstić information content (AvgIpc) is 2.60. The van der Waals surface area contributed by atoms with E-state index in [1.54, 1.807) is 11.8 Å². The van der Waals surface area contributed by atoms with E-state index >= 15 is 0 Å². The number of benzene rings is 1. The lowest BCUT2D eigenvalue weighted by molar-refractivity contribution is -0.117. The van der Waals surface area contributed by atoms with E-state index in [0.29, 0.717) is 13.0 Å². The minimum absolute atomic E-state index is 0.0967. The van der Waals surface area contributed by atoms with Gasteiger partial charge in [0.25, 0.3) is 0 Å². The second-order valence-electron chi connectivity index (χ2n) is 5.71. The summed E-state index contributed by atoms with van der Waals surface area (Å²) in [6.45, 7) is 4.65. The Kier molecular flexibility index (Phi) is 9.17. The lowest BCUT2D eigenvalue weighted by atomic mass is 9.83. The van der Waals surface area contributed by atoms with Gasteiger partial charge in [0.15, 0.2) is 0 Å². The fourth-order valence-electron chi connectivity index (χ4n) is 2.70. The first kappa shape index (κ1) is 19.9. The van der Waals surface area contributed by atoms with Crippen LogP contribution in [0.2, 0.25) is 0 Å². The van der Waals surface area contributed by atoms with Crippen molar-refractivity contribution < 1.29 is 4.79 Å². The lowest BCUT2D eigenvalue weighted by Crippen LogP contribution is -2.34. The second kappa shape index (κ2) is 10.6. The van der Waals surface area contributed by atoms with Crippen molar-refractivity contribution in [1.29, 1.82) is 0 Å². The molecule has 0 aliphatic rings. The maximum Gasteiger partial charge on any atom is 0.146 e. The molecule has 0 aromatic heterocycles. The zero-order valence-corrected chi connectivity index (χ0v) is 15.0. The highest BCUT2D eigenvalue weighted by Gasteiger charge is 2.23. The van der Waals surface area contributed by atoms with E-state index in [1.807, 2.05) is 7.05 Å². The van der Waals surface area contributed by atoms with Gasteiger partial charge in [0.2, 0.25) is 0 Å². The normalized spacial score (nSPS) is 13.6. The van der Waals surface area contributed by atoms with Crippen molar-refractivity contribution in [2.45, 2.75) is 36.1 Å². The number of carbonyl (C=O) groups excluding carboxylic acids is 1. The maximum atomic E-state index is 11.6. The molecule has 2 atom stereocenters. The molecule has 1 aromatic rings. The molecular formula is C18H29N3OS. The molecule has 2 unspecified atom stereocenters. The van der Waals surface area contributed by atoms with Crippen molar-refractivity contribution in [1.82, 2.24) is 5.32 Å². The third-order valence-corrected chi connectivity index (χ3v) is 4.90. The van der Waals surface area contributed by atoms with Crippen LogP contribution in [0.3, 0.4) is 0 Å². The largest absolute Gasteiger partial charge is 0.327 e. The van der Waals surface area contributed by atoms with Crippen LogP contribution in [-0.4, -0.2) is 38.2 Å². The van der Waals surface area contributed by atoms with Crippen molar-refractivity contribution in [3.63, 3.8) is 0 Å². The predicted octanol–water partition coefficient (Wildman–Crippen LogP) is 2.29. The summed E-state index contributed by atoms with van der Waals surface area (Å²) in [5.74, 6) is 0.344. The Morgan fingerprint density at radius 3 is 2.39 bits per heavy atom. The maximum absolute atomic E-state index is 11.6. The predicted molar refractivity (Wildman–Crippen MR) is 99.9 cm³/mol. The molecule has 5 heteroatoms. The van der Waals surface area contributed by atoms with Crippen LogP contribution in [0.4, 0.5) is 0 Å². The molecule has 1 aromatic carbocycles. The molecule has 0 aliphatic heterocycles. The van der Waals surface area contributed by atoms with Crippen LogP contribution in [-0.2, 0) is 4.79 Å². The van der Waals surface area contributed by atoms with Gasteiger partial charge in [0.05, 0.1) is 6.54 Å². The van der Waals surface area contributed by atoms with E-state index < -0.39 is 0 Å². The molecule has 5 N–H and O–H groups in total. The Balaban J connectivity index is 2.95. The van der Waals surface area contributed by atoms with Gasteiger partial charge >= 0.3 is 0 Å². The number of thioether (sulfide) groups is 1. The zero-order chi connectivity index (χ0) is 17.2. The molecule has 128 valence electrons. The van der Waals surface area contributed by atoms with Crippen molar-refractivity contribution in [3.8, 4) is 0 Å². The van der Waals surface area contributed by atoms with Crippen molar-refractivity contribution in [2.75, 3.05) is 26.4 Å². The molecule has 0 spiro atoms. The van der Waals surface area contributed by atoms with Crippen molar-refractivity contribution in [2.24, 2.45) is 11.5 Å². The van der Waals surface area contributed by atoms with Crippen LogP contribution >= 0.6 is 11.8 Å². The monoisotopic (exact) mass is 335 g/mol. The third-order valence-electron chi connectivity index (χ3n) is 4.16. The van der Waals surface area contributed by atoms with Gasteiger partial charge in [0, 0.05) is 29.8 Å². The quantitative estimate of drug-likeness (QED) is 0.427. The molecule has 0 amide bonds. The Morgan fingerprint density at radius 1 is 1.26 bits per heavy atom. The SMILES string of the molecule is C=C(CN)CC(c1ccc(SC)cc1)C(CCC(=O)CN)NC.